The van der Waals surface area contributed by atoms with Gasteiger partial charge >= 0.3 is 6.18 Å². The lowest BCUT2D eigenvalue weighted by Gasteiger charge is -2.35. The van der Waals surface area contributed by atoms with Crippen LogP contribution in [-0.2, 0) is 4.74 Å². The number of morpholine rings is 1. The van der Waals surface area contributed by atoms with Gasteiger partial charge in [0.05, 0.1) is 12.7 Å². The van der Waals surface area contributed by atoms with Crippen LogP contribution in [0.15, 0.2) is 0 Å². The molecule has 1 aliphatic rings. The van der Waals surface area contributed by atoms with Crippen LogP contribution in [0.3, 0.4) is 0 Å². The highest BCUT2D eigenvalue weighted by atomic mass is 19.4. The van der Waals surface area contributed by atoms with E-state index in [1.807, 2.05) is 0 Å². The van der Waals surface area contributed by atoms with Gasteiger partial charge < -0.3 is 10.5 Å². The van der Waals surface area contributed by atoms with E-state index in [0.29, 0.717) is 13.2 Å². The normalized spacial score (nSPS) is 24.9. The Kier molecular flexibility index (Phi) is 5.69. The Balaban J connectivity index is 2.33. The van der Waals surface area contributed by atoms with Gasteiger partial charge in [-0.1, -0.05) is 6.92 Å². The van der Waals surface area contributed by atoms with E-state index in [-0.39, 0.29) is 12.5 Å². The van der Waals surface area contributed by atoms with Crippen LogP contribution in [0.1, 0.15) is 26.2 Å². The van der Waals surface area contributed by atoms with E-state index >= 15 is 0 Å². The molecule has 1 heterocycles. The highest BCUT2D eigenvalue weighted by molar-refractivity contribution is 4.81. The van der Waals surface area contributed by atoms with E-state index in [1.165, 1.54) is 0 Å². The van der Waals surface area contributed by atoms with Crippen LogP contribution in [0.4, 0.5) is 13.2 Å². The lowest BCUT2D eigenvalue weighted by Crippen LogP contribution is -2.50. The summed E-state index contributed by atoms with van der Waals surface area (Å²) in [6.07, 6.45) is -4.26. The first-order valence-corrected chi connectivity index (χ1v) is 6.08. The van der Waals surface area contributed by atoms with Gasteiger partial charge in [-0.15, -0.1) is 0 Å². The van der Waals surface area contributed by atoms with E-state index < -0.39 is 18.6 Å². The second-order valence-corrected chi connectivity index (χ2v) is 4.53. The topological polar surface area (TPSA) is 38.5 Å². The molecule has 1 saturated heterocycles. The molecular weight excluding hydrogens is 233 g/mol. The maximum absolute atomic E-state index is 12.1. The molecule has 0 saturated carbocycles. The highest BCUT2D eigenvalue weighted by Gasteiger charge is 2.31. The van der Waals surface area contributed by atoms with Gasteiger partial charge in [0.1, 0.15) is 0 Å². The fourth-order valence-electron chi connectivity index (χ4n) is 2.03. The van der Waals surface area contributed by atoms with Gasteiger partial charge in [0.15, 0.2) is 0 Å². The molecule has 2 unspecified atom stereocenters. The van der Waals surface area contributed by atoms with Crippen LogP contribution < -0.4 is 5.73 Å². The standard InChI is InChI=1S/C11H21F3N2O/c1-2-5-16-6-7-17-10(8-16)9(15)3-4-11(12,13)14/h9-10H,2-8,15H2,1H3. The minimum Gasteiger partial charge on any atom is -0.374 e. The maximum Gasteiger partial charge on any atom is 0.389 e. The molecule has 0 aromatic rings. The summed E-state index contributed by atoms with van der Waals surface area (Å²) in [5.41, 5.74) is 5.76. The number of nitrogens with zero attached hydrogens (tertiary/aromatic N) is 1. The van der Waals surface area contributed by atoms with E-state index in [2.05, 4.69) is 11.8 Å². The lowest BCUT2D eigenvalue weighted by atomic mass is 10.0. The Morgan fingerprint density at radius 3 is 2.76 bits per heavy atom. The van der Waals surface area contributed by atoms with Crippen LogP contribution in [-0.4, -0.2) is 49.5 Å². The van der Waals surface area contributed by atoms with E-state index in [1.54, 1.807) is 0 Å². The first kappa shape index (κ1) is 14.7. The zero-order valence-electron chi connectivity index (χ0n) is 10.2. The summed E-state index contributed by atoms with van der Waals surface area (Å²) in [4.78, 5) is 2.20. The molecule has 0 spiro atoms. The molecule has 0 aromatic carbocycles. The van der Waals surface area contributed by atoms with Crippen molar-refractivity contribution in [2.24, 2.45) is 5.73 Å². The molecule has 0 amide bonds. The summed E-state index contributed by atoms with van der Waals surface area (Å²) < 4.78 is 41.7. The Morgan fingerprint density at radius 1 is 1.47 bits per heavy atom. The summed E-state index contributed by atoms with van der Waals surface area (Å²) in [6.45, 7) is 5.08. The summed E-state index contributed by atoms with van der Waals surface area (Å²) in [6, 6.07) is -0.531. The smallest absolute Gasteiger partial charge is 0.374 e. The Labute approximate surface area is 100 Å². The average Bonchev–Trinajstić information content (AvgIpc) is 2.26. The maximum atomic E-state index is 12.1. The predicted octanol–water partition coefficient (Wildman–Crippen LogP) is 1.77. The zero-order valence-corrected chi connectivity index (χ0v) is 10.2. The van der Waals surface area contributed by atoms with Gasteiger partial charge in [-0.3, -0.25) is 4.90 Å². The SMILES string of the molecule is CCCN1CCOC(C(N)CCC(F)(F)F)C1. The minimum atomic E-state index is -4.13. The highest BCUT2D eigenvalue weighted by Crippen LogP contribution is 2.23. The summed E-state index contributed by atoms with van der Waals surface area (Å²) >= 11 is 0. The van der Waals surface area contributed by atoms with Crippen LogP contribution in [0.5, 0.6) is 0 Å². The summed E-state index contributed by atoms with van der Waals surface area (Å²) in [5.74, 6) is 0. The van der Waals surface area contributed by atoms with Crippen molar-refractivity contribution in [3.8, 4) is 0 Å². The number of ether oxygens (including phenoxy) is 1. The molecule has 2 N–H and O–H groups in total. The zero-order chi connectivity index (χ0) is 12.9. The number of halogens is 3. The Bertz CT molecular complexity index is 221. The van der Waals surface area contributed by atoms with Crippen molar-refractivity contribution < 1.29 is 17.9 Å². The van der Waals surface area contributed by atoms with Crippen LogP contribution >= 0.6 is 0 Å². The van der Waals surface area contributed by atoms with Crippen LogP contribution in [0.2, 0.25) is 0 Å². The molecule has 1 rings (SSSR count). The molecule has 6 heteroatoms. The number of rotatable bonds is 5. The summed E-state index contributed by atoms with van der Waals surface area (Å²) in [5, 5.41) is 0. The number of nitrogens with two attached hydrogens (primary N) is 1. The molecule has 102 valence electrons. The van der Waals surface area contributed by atoms with E-state index in [4.69, 9.17) is 10.5 Å². The molecule has 1 fully saturated rings. The molecule has 17 heavy (non-hydrogen) atoms. The van der Waals surface area contributed by atoms with Gasteiger partial charge in [-0.2, -0.15) is 13.2 Å². The lowest BCUT2D eigenvalue weighted by molar-refractivity contribution is -0.139. The van der Waals surface area contributed by atoms with Gasteiger partial charge in [0.25, 0.3) is 0 Å². The molecular formula is C11H21F3N2O. The number of alkyl halides is 3. The first-order valence-electron chi connectivity index (χ1n) is 6.08. The Morgan fingerprint density at radius 2 is 2.18 bits per heavy atom. The van der Waals surface area contributed by atoms with Crippen LogP contribution in [0, 0.1) is 0 Å². The molecule has 2 atom stereocenters. The Hall–Kier alpha value is -0.330. The molecule has 3 nitrogen and oxygen atoms in total. The van der Waals surface area contributed by atoms with Gasteiger partial charge in [-0.25, -0.2) is 0 Å². The van der Waals surface area contributed by atoms with E-state index in [0.717, 1.165) is 19.5 Å². The first-order chi connectivity index (χ1) is 7.92. The fourth-order valence-corrected chi connectivity index (χ4v) is 2.03. The third-order valence-corrected chi connectivity index (χ3v) is 2.96. The third-order valence-electron chi connectivity index (χ3n) is 2.96. The van der Waals surface area contributed by atoms with Gasteiger partial charge in [-0.05, 0) is 19.4 Å². The molecule has 0 radical (unpaired) electrons. The van der Waals surface area contributed by atoms with Gasteiger partial charge in [0.2, 0.25) is 0 Å². The van der Waals surface area contributed by atoms with Crippen molar-refractivity contribution in [1.29, 1.82) is 0 Å². The molecule has 1 aliphatic heterocycles. The van der Waals surface area contributed by atoms with Crippen molar-refractivity contribution >= 4 is 0 Å². The summed E-state index contributed by atoms with van der Waals surface area (Å²) in [7, 11) is 0. The third kappa shape index (κ3) is 5.70. The second kappa shape index (κ2) is 6.56. The largest absolute Gasteiger partial charge is 0.389 e. The van der Waals surface area contributed by atoms with Crippen molar-refractivity contribution in [3.63, 3.8) is 0 Å². The second-order valence-electron chi connectivity index (χ2n) is 4.53. The number of hydrogen-bond acceptors (Lipinski definition) is 3. The molecule has 0 aromatic heterocycles. The van der Waals surface area contributed by atoms with Crippen molar-refractivity contribution in [1.82, 2.24) is 4.90 Å². The van der Waals surface area contributed by atoms with Crippen LogP contribution in [0.25, 0.3) is 0 Å². The number of hydrogen-bond donors (Lipinski definition) is 1. The van der Waals surface area contributed by atoms with Crippen molar-refractivity contribution in [3.05, 3.63) is 0 Å². The molecule has 0 aliphatic carbocycles. The molecule has 0 bridgehead atoms. The minimum absolute atomic E-state index is 0.0614. The van der Waals surface area contributed by atoms with E-state index in [9.17, 15) is 13.2 Å². The monoisotopic (exact) mass is 254 g/mol. The van der Waals surface area contributed by atoms with Crippen molar-refractivity contribution in [2.75, 3.05) is 26.2 Å². The van der Waals surface area contributed by atoms with Crippen molar-refractivity contribution in [2.45, 2.75) is 44.5 Å². The predicted molar refractivity (Wildman–Crippen MR) is 59.7 cm³/mol. The average molecular weight is 254 g/mol. The van der Waals surface area contributed by atoms with Gasteiger partial charge in [0, 0.05) is 25.6 Å². The quantitative estimate of drug-likeness (QED) is 0.812. The fraction of sp³-hybridized carbons (Fsp3) is 1.00.